The Kier molecular flexibility index (Phi) is 6.20. The van der Waals surface area contributed by atoms with Crippen molar-refractivity contribution in [3.63, 3.8) is 0 Å². The Bertz CT molecular complexity index is 1180. The monoisotopic (exact) mass is 453 g/mol. The molecule has 2 heterocycles. The van der Waals surface area contributed by atoms with Crippen molar-refractivity contribution in [2.75, 3.05) is 13.2 Å². The van der Waals surface area contributed by atoms with Crippen molar-refractivity contribution in [1.29, 1.82) is 0 Å². The van der Waals surface area contributed by atoms with Crippen molar-refractivity contribution < 1.29 is 18.7 Å². The van der Waals surface area contributed by atoms with E-state index in [1.54, 1.807) is 30.3 Å². The fourth-order valence-corrected chi connectivity index (χ4v) is 4.19. The number of hydrogen-bond acceptors (Lipinski definition) is 5. The predicted octanol–water partition coefficient (Wildman–Crippen LogP) is 6.33. The van der Waals surface area contributed by atoms with Crippen LogP contribution in [0, 0.1) is 13.8 Å². The summed E-state index contributed by atoms with van der Waals surface area (Å²) in [7, 11) is 0. The third kappa shape index (κ3) is 4.86. The van der Waals surface area contributed by atoms with E-state index in [1.807, 2.05) is 44.2 Å². The normalized spacial score (nSPS) is 15.2. The summed E-state index contributed by atoms with van der Waals surface area (Å²) in [5.41, 5.74) is 2.93. The maximum absolute atomic E-state index is 12.7. The van der Waals surface area contributed by atoms with E-state index < -0.39 is 0 Å². The standard InChI is InChI=1S/C24H20ClNO4S/c1-15-6-7-16(2)21(12-15)29-11-10-26-23(27)22(31-24(26)28)14-19-8-9-20(30-19)17-4-3-5-18(25)13-17/h3-9,12-14H,10-11H2,1-2H3/b22-14-. The second-order valence-electron chi connectivity index (χ2n) is 7.16. The topological polar surface area (TPSA) is 59.8 Å². The molecule has 31 heavy (non-hydrogen) atoms. The Morgan fingerprint density at radius 1 is 1.10 bits per heavy atom. The third-order valence-corrected chi connectivity index (χ3v) is 5.94. The van der Waals surface area contributed by atoms with Crippen LogP contribution in [0.25, 0.3) is 17.4 Å². The summed E-state index contributed by atoms with van der Waals surface area (Å²) in [6.07, 6.45) is 1.59. The number of rotatable bonds is 6. The van der Waals surface area contributed by atoms with Gasteiger partial charge in [-0.3, -0.25) is 14.5 Å². The Morgan fingerprint density at radius 3 is 2.74 bits per heavy atom. The van der Waals surface area contributed by atoms with Gasteiger partial charge in [-0.05, 0) is 67.1 Å². The zero-order valence-corrected chi connectivity index (χ0v) is 18.6. The molecule has 0 N–H and O–H groups in total. The number of thioether (sulfide) groups is 1. The Labute approximate surface area is 189 Å². The minimum Gasteiger partial charge on any atom is -0.491 e. The van der Waals surface area contributed by atoms with Crippen LogP contribution in [-0.4, -0.2) is 29.2 Å². The van der Waals surface area contributed by atoms with Crippen LogP contribution in [0.5, 0.6) is 5.75 Å². The molecule has 3 aromatic rings. The van der Waals surface area contributed by atoms with Gasteiger partial charge in [0.15, 0.2) is 0 Å². The first-order valence-corrected chi connectivity index (χ1v) is 10.9. The summed E-state index contributed by atoms with van der Waals surface area (Å²) in [6, 6.07) is 16.8. The van der Waals surface area contributed by atoms with Crippen LogP contribution >= 0.6 is 23.4 Å². The molecule has 1 aliphatic heterocycles. The average Bonchev–Trinajstić information content (AvgIpc) is 3.30. The van der Waals surface area contributed by atoms with Gasteiger partial charge in [0, 0.05) is 16.7 Å². The molecule has 7 heteroatoms. The number of furan rings is 1. The molecule has 1 aliphatic rings. The second-order valence-corrected chi connectivity index (χ2v) is 8.59. The van der Waals surface area contributed by atoms with Gasteiger partial charge in [-0.15, -0.1) is 0 Å². The number of halogens is 1. The van der Waals surface area contributed by atoms with Crippen molar-refractivity contribution in [3.8, 4) is 17.1 Å². The smallest absolute Gasteiger partial charge is 0.293 e. The fourth-order valence-electron chi connectivity index (χ4n) is 3.16. The van der Waals surface area contributed by atoms with E-state index in [-0.39, 0.29) is 24.3 Å². The first-order valence-electron chi connectivity index (χ1n) is 9.72. The number of carbonyl (C=O) groups is 2. The average molecular weight is 454 g/mol. The van der Waals surface area contributed by atoms with E-state index in [2.05, 4.69) is 0 Å². The lowest BCUT2D eigenvalue weighted by atomic mass is 10.1. The van der Waals surface area contributed by atoms with Crippen LogP contribution in [0.3, 0.4) is 0 Å². The molecule has 2 aromatic carbocycles. The minimum atomic E-state index is -0.347. The van der Waals surface area contributed by atoms with Crippen LogP contribution in [-0.2, 0) is 4.79 Å². The number of ether oxygens (including phenoxy) is 1. The maximum Gasteiger partial charge on any atom is 0.293 e. The predicted molar refractivity (Wildman–Crippen MR) is 123 cm³/mol. The van der Waals surface area contributed by atoms with Crippen LogP contribution in [0.15, 0.2) is 63.9 Å². The van der Waals surface area contributed by atoms with Gasteiger partial charge in [-0.25, -0.2) is 0 Å². The van der Waals surface area contributed by atoms with Gasteiger partial charge in [0.05, 0.1) is 11.4 Å². The summed E-state index contributed by atoms with van der Waals surface area (Å²) < 4.78 is 11.6. The molecule has 5 nitrogen and oxygen atoms in total. The molecular formula is C24H20ClNO4S. The van der Waals surface area contributed by atoms with Gasteiger partial charge >= 0.3 is 0 Å². The zero-order valence-electron chi connectivity index (χ0n) is 17.1. The lowest BCUT2D eigenvalue weighted by molar-refractivity contribution is -0.123. The molecule has 158 valence electrons. The quantitative estimate of drug-likeness (QED) is 0.408. The molecular weight excluding hydrogens is 434 g/mol. The Morgan fingerprint density at radius 2 is 1.94 bits per heavy atom. The lowest BCUT2D eigenvalue weighted by Crippen LogP contribution is -2.32. The highest BCUT2D eigenvalue weighted by molar-refractivity contribution is 8.18. The summed E-state index contributed by atoms with van der Waals surface area (Å²) in [6.45, 7) is 4.36. The number of hydrogen-bond donors (Lipinski definition) is 0. The molecule has 0 radical (unpaired) electrons. The highest BCUT2D eigenvalue weighted by Crippen LogP contribution is 2.33. The number of nitrogens with zero attached hydrogens (tertiary/aromatic N) is 1. The Balaban J connectivity index is 1.42. The molecule has 0 aliphatic carbocycles. The third-order valence-electron chi connectivity index (χ3n) is 4.80. The molecule has 0 spiro atoms. The molecule has 0 atom stereocenters. The van der Waals surface area contributed by atoms with E-state index in [1.165, 1.54) is 4.90 Å². The molecule has 0 saturated carbocycles. The molecule has 2 amide bonds. The van der Waals surface area contributed by atoms with Crippen LogP contribution in [0.2, 0.25) is 5.02 Å². The number of carbonyl (C=O) groups excluding carboxylic acids is 2. The SMILES string of the molecule is Cc1ccc(C)c(OCCN2C(=O)S/C(=C\c3ccc(-c4cccc(Cl)c4)o3)C2=O)c1. The van der Waals surface area contributed by atoms with Crippen molar-refractivity contribution >= 4 is 40.6 Å². The van der Waals surface area contributed by atoms with Gasteiger partial charge in [0.2, 0.25) is 0 Å². The van der Waals surface area contributed by atoms with Gasteiger partial charge in [0.25, 0.3) is 11.1 Å². The van der Waals surface area contributed by atoms with Crippen LogP contribution < -0.4 is 4.74 Å². The van der Waals surface area contributed by atoms with Gasteiger partial charge in [-0.1, -0.05) is 35.9 Å². The van der Waals surface area contributed by atoms with E-state index in [9.17, 15) is 9.59 Å². The van der Waals surface area contributed by atoms with Crippen molar-refractivity contribution in [2.24, 2.45) is 0 Å². The first-order chi connectivity index (χ1) is 14.9. The first kappa shape index (κ1) is 21.3. The van der Waals surface area contributed by atoms with Crippen LogP contribution in [0.1, 0.15) is 16.9 Å². The lowest BCUT2D eigenvalue weighted by Gasteiger charge is -2.14. The van der Waals surface area contributed by atoms with Crippen LogP contribution in [0.4, 0.5) is 4.79 Å². The number of amides is 2. The Hall–Kier alpha value is -2.96. The zero-order chi connectivity index (χ0) is 22.0. The van der Waals surface area contributed by atoms with Gasteiger partial charge < -0.3 is 9.15 Å². The fraction of sp³-hybridized carbons (Fsp3) is 0.167. The highest BCUT2D eigenvalue weighted by Gasteiger charge is 2.35. The second kappa shape index (κ2) is 9.04. The summed E-state index contributed by atoms with van der Waals surface area (Å²) in [4.78, 5) is 26.6. The summed E-state index contributed by atoms with van der Waals surface area (Å²) >= 11 is 6.93. The van der Waals surface area contributed by atoms with E-state index in [0.717, 1.165) is 34.2 Å². The molecule has 0 unspecified atom stereocenters. The number of benzene rings is 2. The van der Waals surface area contributed by atoms with Gasteiger partial charge in [0.1, 0.15) is 23.9 Å². The maximum atomic E-state index is 12.7. The summed E-state index contributed by atoms with van der Waals surface area (Å²) in [5.74, 6) is 1.54. The number of aryl methyl sites for hydroxylation is 2. The minimum absolute atomic E-state index is 0.182. The molecule has 0 bridgehead atoms. The molecule has 1 aromatic heterocycles. The van der Waals surface area contributed by atoms with Crippen molar-refractivity contribution in [3.05, 3.63) is 81.4 Å². The largest absolute Gasteiger partial charge is 0.491 e. The van der Waals surface area contributed by atoms with E-state index in [4.69, 9.17) is 20.8 Å². The van der Waals surface area contributed by atoms with E-state index in [0.29, 0.717) is 21.4 Å². The molecule has 4 rings (SSSR count). The van der Waals surface area contributed by atoms with Gasteiger partial charge in [-0.2, -0.15) is 0 Å². The summed E-state index contributed by atoms with van der Waals surface area (Å²) in [5, 5.41) is 0.294. The highest BCUT2D eigenvalue weighted by atomic mass is 35.5. The molecule has 1 saturated heterocycles. The van der Waals surface area contributed by atoms with Crippen molar-refractivity contribution in [1.82, 2.24) is 4.90 Å². The number of imide groups is 1. The van der Waals surface area contributed by atoms with E-state index >= 15 is 0 Å². The molecule has 1 fully saturated rings. The van der Waals surface area contributed by atoms with Crippen molar-refractivity contribution in [2.45, 2.75) is 13.8 Å².